The molecule has 0 bridgehead atoms. The summed E-state index contributed by atoms with van der Waals surface area (Å²) in [6.07, 6.45) is 0.386. The number of alkyl carbamates (subject to hydrolysis) is 1. The Morgan fingerprint density at radius 2 is 1.83 bits per heavy atom. The molecule has 8 heteroatoms. The first-order valence-electron chi connectivity index (χ1n) is 10.6. The number of morpholine rings is 1. The standard InChI is InChI=1S/C22H37N5O3/c1-22(2,3)30-21(28)25-10-6-9-24-20(23-4)26-16-18-7-5-8-19(15-18)17-27-11-13-29-14-12-27/h5,7-8,15H,6,9-14,16-17H2,1-4H3,(H,25,28)(H2,23,24,26). The molecule has 1 aromatic carbocycles. The molecule has 1 amide bonds. The molecular weight excluding hydrogens is 382 g/mol. The molecule has 0 aromatic heterocycles. The first kappa shape index (κ1) is 24.0. The van der Waals surface area contributed by atoms with Crippen LogP contribution in [0.1, 0.15) is 38.3 Å². The third-order valence-electron chi connectivity index (χ3n) is 4.50. The van der Waals surface area contributed by atoms with Gasteiger partial charge < -0.3 is 25.4 Å². The summed E-state index contributed by atoms with van der Waals surface area (Å²) in [4.78, 5) is 18.3. The summed E-state index contributed by atoms with van der Waals surface area (Å²) in [6, 6.07) is 8.63. The van der Waals surface area contributed by atoms with E-state index in [1.807, 2.05) is 20.8 Å². The van der Waals surface area contributed by atoms with Crippen LogP contribution in [0, 0.1) is 0 Å². The van der Waals surface area contributed by atoms with Gasteiger partial charge in [0.05, 0.1) is 13.2 Å². The normalized spacial score (nSPS) is 15.5. The van der Waals surface area contributed by atoms with E-state index in [1.165, 1.54) is 11.1 Å². The summed E-state index contributed by atoms with van der Waals surface area (Å²) >= 11 is 0. The molecule has 0 aliphatic carbocycles. The minimum Gasteiger partial charge on any atom is -0.444 e. The van der Waals surface area contributed by atoms with Gasteiger partial charge in [-0.3, -0.25) is 9.89 Å². The Bertz CT molecular complexity index is 682. The molecule has 0 unspecified atom stereocenters. The van der Waals surface area contributed by atoms with Crippen molar-refractivity contribution in [3.8, 4) is 0 Å². The third kappa shape index (κ3) is 9.93. The Morgan fingerprint density at radius 3 is 2.53 bits per heavy atom. The average Bonchev–Trinajstić information content (AvgIpc) is 2.70. The minimum absolute atomic E-state index is 0.387. The molecule has 168 valence electrons. The van der Waals surface area contributed by atoms with Crippen LogP contribution in [0.3, 0.4) is 0 Å². The molecule has 1 heterocycles. The molecule has 2 rings (SSSR count). The summed E-state index contributed by atoms with van der Waals surface area (Å²) in [5, 5.41) is 9.36. The van der Waals surface area contributed by atoms with E-state index in [0.29, 0.717) is 19.6 Å². The van der Waals surface area contributed by atoms with Crippen molar-refractivity contribution < 1.29 is 14.3 Å². The molecule has 0 atom stereocenters. The predicted octanol–water partition coefficient (Wildman–Crippen LogP) is 2.10. The highest BCUT2D eigenvalue weighted by atomic mass is 16.6. The lowest BCUT2D eigenvalue weighted by molar-refractivity contribution is 0.0342. The summed E-state index contributed by atoms with van der Waals surface area (Å²) in [7, 11) is 1.75. The van der Waals surface area contributed by atoms with Crippen molar-refractivity contribution in [1.29, 1.82) is 0 Å². The lowest BCUT2D eigenvalue weighted by atomic mass is 10.1. The molecule has 1 fully saturated rings. The fraction of sp³-hybridized carbons (Fsp3) is 0.636. The summed E-state index contributed by atoms with van der Waals surface area (Å²) in [6.45, 7) is 12.1. The van der Waals surface area contributed by atoms with Crippen LogP contribution in [0.5, 0.6) is 0 Å². The van der Waals surface area contributed by atoms with Crippen LogP contribution in [-0.4, -0.2) is 69.0 Å². The molecule has 30 heavy (non-hydrogen) atoms. The van der Waals surface area contributed by atoms with E-state index in [0.717, 1.165) is 45.2 Å². The molecule has 1 aliphatic rings. The first-order valence-corrected chi connectivity index (χ1v) is 10.6. The van der Waals surface area contributed by atoms with E-state index >= 15 is 0 Å². The Morgan fingerprint density at radius 1 is 1.13 bits per heavy atom. The van der Waals surface area contributed by atoms with Gasteiger partial charge in [0.15, 0.2) is 5.96 Å². The van der Waals surface area contributed by atoms with Crippen molar-refractivity contribution in [2.24, 2.45) is 4.99 Å². The Kier molecular flexibility index (Phi) is 9.89. The summed E-state index contributed by atoms with van der Waals surface area (Å²) in [5.41, 5.74) is 2.05. The number of nitrogens with one attached hydrogen (secondary N) is 3. The summed E-state index contributed by atoms with van der Waals surface area (Å²) < 4.78 is 10.6. The Labute approximate surface area is 180 Å². The average molecular weight is 420 g/mol. The van der Waals surface area contributed by atoms with E-state index in [9.17, 15) is 4.79 Å². The van der Waals surface area contributed by atoms with Gasteiger partial charge in [-0.05, 0) is 38.3 Å². The second-order valence-corrected chi connectivity index (χ2v) is 8.34. The van der Waals surface area contributed by atoms with Crippen LogP contribution in [0.15, 0.2) is 29.3 Å². The smallest absolute Gasteiger partial charge is 0.407 e. The lowest BCUT2D eigenvalue weighted by Crippen LogP contribution is -2.39. The van der Waals surface area contributed by atoms with Crippen LogP contribution in [0.25, 0.3) is 0 Å². The van der Waals surface area contributed by atoms with Crippen LogP contribution in [0.2, 0.25) is 0 Å². The summed E-state index contributed by atoms with van der Waals surface area (Å²) in [5.74, 6) is 0.742. The zero-order valence-electron chi connectivity index (χ0n) is 18.8. The monoisotopic (exact) mass is 419 g/mol. The minimum atomic E-state index is -0.478. The van der Waals surface area contributed by atoms with Crippen molar-refractivity contribution in [1.82, 2.24) is 20.9 Å². The van der Waals surface area contributed by atoms with Crippen molar-refractivity contribution in [3.05, 3.63) is 35.4 Å². The second-order valence-electron chi connectivity index (χ2n) is 8.34. The molecule has 8 nitrogen and oxygen atoms in total. The fourth-order valence-corrected chi connectivity index (χ4v) is 3.06. The number of ether oxygens (including phenoxy) is 2. The van der Waals surface area contributed by atoms with Crippen LogP contribution >= 0.6 is 0 Å². The number of benzene rings is 1. The molecule has 1 aliphatic heterocycles. The van der Waals surface area contributed by atoms with E-state index in [1.54, 1.807) is 7.05 Å². The third-order valence-corrected chi connectivity index (χ3v) is 4.50. The highest BCUT2D eigenvalue weighted by Crippen LogP contribution is 2.10. The maximum Gasteiger partial charge on any atom is 0.407 e. The molecule has 3 N–H and O–H groups in total. The van der Waals surface area contributed by atoms with Crippen LogP contribution < -0.4 is 16.0 Å². The molecule has 0 spiro atoms. The molecular formula is C22H37N5O3. The SMILES string of the molecule is CN=C(NCCCNC(=O)OC(C)(C)C)NCc1cccc(CN2CCOCC2)c1. The van der Waals surface area contributed by atoms with Crippen molar-refractivity contribution in [2.75, 3.05) is 46.4 Å². The molecule has 0 radical (unpaired) electrons. The van der Waals surface area contributed by atoms with Gasteiger partial charge in [0, 0.05) is 46.3 Å². The van der Waals surface area contributed by atoms with Gasteiger partial charge >= 0.3 is 6.09 Å². The van der Waals surface area contributed by atoms with E-state index in [-0.39, 0.29) is 6.09 Å². The second kappa shape index (κ2) is 12.4. The lowest BCUT2D eigenvalue weighted by Gasteiger charge is -2.26. The number of amides is 1. The number of nitrogens with zero attached hydrogens (tertiary/aromatic N) is 2. The predicted molar refractivity (Wildman–Crippen MR) is 120 cm³/mol. The topological polar surface area (TPSA) is 87.2 Å². The van der Waals surface area contributed by atoms with E-state index in [4.69, 9.17) is 9.47 Å². The van der Waals surface area contributed by atoms with Gasteiger partial charge in [-0.25, -0.2) is 4.79 Å². The Hall–Kier alpha value is -2.32. The zero-order valence-corrected chi connectivity index (χ0v) is 18.8. The zero-order chi connectivity index (χ0) is 21.8. The number of hydrogen-bond acceptors (Lipinski definition) is 5. The number of guanidine groups is 1. The van der Waals surface area contributed by atoms with Gasteiger partial charge in [0.2, 0.25) is 0 Å². The molecule has 0 saturated carbocycles. The van der Waals surface area contributed by atoms with Crippen molar-refractivity contribution in [2.45, 2.75) is 45.9 Å². The van der Waals surface area contributed by atoms with Crippen LogP contribution in [0.4, 0.5) is 4.79 Å². The number of hydrogen-bond donors (Lipinski definition) is 3. The largest absolute Gasteiger partial charge is 0.444 e. The molecule has 1 aromatic rings. The fourth-order valence-electron chi connectivity index (χ4n) is 3.06. The number of aliphatic imine (C=N–C) groups is 1. The quantitative estimate of drug-likeness (QED) is 0.340. The van der Waals surface area contributed by atoms with Gasteiger partial charge in [-0.15, -0.1) is 0 Å². The number of carbonyl (C=O) groups excluding carboxylic acids is 1. The van der Waals surface area contributed by atoms with E-state index < -0.39 is 5.60 Å². The Balaban J connectivity index is 1.66. The maximum absolute atomic E-state index is 11.6. The highest BCUT2D eigenvalue weighted by molar-refractivity contribution is 5.79. The number of carbonyl (C=O) groups is 1. The van der Waals surface area contributed by atoms with Crippen molar-refractivity contribution >= 4 is 12.1 Å². The van der Waals surface area contributed by atoms with E-state index in [2.05, 4.69) is 50.1 Å². The molecule has 1 saturated heterocycles. The van der Waals surface area contributed by atoms with Gasteiger partial charge in [-0.2, -0.15) is 0 Å². The highest BCUT2D eigenvalue weighted by Gasteiger charge is 2.15. The van der Waals surface area contributed by atoms with Crippen LogP contribution in [-0.2, 0) is 22.6 Å². The van der Waals surface area contributed by atoms with Gasteiger partial charge in [0.25, 0.3) is 0 Å². The van der Waals surface area contributed by atoms with Gasteiger partial charge in [-0.1, -0.05) is 24.3 Å². The van der Waals surface area contributed by atoms with Crippen molar-refractivity contribution in [3.63, 3.8) is 0 Å². The van der Waals surface area contributed by atoms with Gasteiger partial charge in [0.1, 0.15) is 5.60 Å². The maximum atomic E-state index is 11.6. The first-order chi connectivity index (χ1) is 14.4. The number of rotatable bonds is 8.